The van der Waals surface area contributed by atoms with Crippen LogP contribution >= 0.6 is 0 Å². The molecule has 16 heavy (non-hydrogen) atoms. The van der Waals surface area contributed by atoms with Gasteiger partial charge in [0, 0.05) is 25.9 Å². The van der Waals surface area contributed by atoms with Gasteiger partial charge in [-0.3, -0.25) is 4.84 Å². The van der Waals surface area contributed by atoms with Crippen LogP contribution in [0, 0.1) is 0 Å². The summed E-state index contributed by atoms with van der Waals surface area (Å²) in [5, 5.41) is 1.87. The molecule has 88 valence electrons. The molecule has 0 spiro atoms. The molecule has 0 saturated carbocycles. The van der Waals surface area contributed by atoms with Gasteiger partial charge in [-0.05, 0) is 12.1 Å². The molecule has 1 aliphatic rings. The number of nitrogens with zero attached hydrogens (tertiary/aromatic N) is 2. The van der Waals surface area contributed by atoms with Gasteiger partial charge in [-0.2, -0.15) is 5.06 Å². The second kappa shape index (κ2) is 5.30. The van der Waals surface area contributed by atoms with E-state index in [9.17, 15) is 0 Å². The molecule has 1 fully saturated rings. The molecule has 0 aliphatic carbocycles. The fourth-order valence-electron chi connectivity index (χ4n) is 2.01. The second-order valence-electron chi connectivity index (χ2n) is 3.80. The van der Waals surface area contributed by atoms with Crippen molar-refractivity contribution in [2.75, 3.05) is 38.8 Å². The predicted octanol–water partition coefficient (Wildman–Crippen LogP) is 1.34. The zero-order chi connectivity index (χ0) is 11.4. The Hall–Kier alpha value is -1.10. The lowest BCUT2D eigenvalue weighted by Gasteiger charge is -2.39. The number of benzene rings is 1. The molecule has 1 atom stereocenters. The van der Waals surface area contributed by atoms with E-state index < -0.39 is 0 Å². The molecule has 0 N–H and O–H groups in total. The number of anilines is 1. The Balaban J connectivity index is 2.05. The van der Waals surface area contributed by atoms with Crippen molar-refractivity contribution in [2.24, 2.45) is 0 Å². The minimum atomic E-state index is -0.000967. The highest BCUT2D eigenvalue weighted by Gasteiger charge is 2.26. The minimum Gasteiger partial charge on any atom is -0.366 e. The van der Waals surface area contributed by atoms with E-state index in [1.807, 2.05) is 11.1 Å². The maximum Gasteiger partial charge on any atom is 0.150 e. The van der Waals surface area contributed by atoms with Gasteiger partial charge >= 0.3 is 0 Å². The Morgan fingerprint density at radius 1 is 1.12 bits per heavy atom. The average Bonchev–Trinajstić information content (AvgIpc) is 2.39. The van der Waals surface area contributed by atoms with Crippen molar-refractivity contribution in [3.63, 3.8) is 0 Å². The number of methoxy groups -OCH3 is 1. The van der Waals surface area contributed by atoms with Crippen LogP contribution in [0.5, 0.6) is 0 Å². The van der Waals surface area contributed by atoms with Crippen LogP contribution in [0.25, 0.3) is 0 Å². The lowest BCUT2D eigenvalue weighted by Crippen LogP contribution is -2.53. The number of hydroxylamine groups is 2. The first-order valence-electron chi connectivity index (χ1n) is 5.48. The van der Waals surface area contributed by atoms with Gasteiger partial charge in [-0.15, -0.1) is 0 Å². The summed E-state index contributed by atoms with van der Waals surface area (Å²) < 4.78 is 5.41. The lowest BCUT2D eigenvalue weighted by atomic mass is 10.2. The van der Waals surface area contributed by atoms with Gasteiger partial charge in [0.05, 0.1) is 13.7 Å². The highest BCUT2D eigenvalue weighted by Crippen LogP contribution is 2.18. The normalized spacial score (nSPS) is 22.4. The summed E-state index contributed by atoms with van der Waals surface area (Å²) in [4.78, 5) is 7.57. The van der Waals surface area contributed by atoms with Crippen LogP contribution in [0.3, 0.4) is 0 Å². The first-order chi connectivity index (χ1) is 7.85. The van der Waals surface area contributed by atoms with Crippen molar-refractivity contribution in [1.82, 2.24) is 5.06 Å². The molecule has 2 rings (SSSR count). The molecule has 0 aromatic heterocycles. The van der Waals surface area contributed by atoms with Gasteiger partial charge < -0.3 is 9.64 Å². The summed E-state index contributed by atoms with van der Waals surface area (Å²) in [5.41, 5.74) is 1.24. The van der Waals surface area contributed by atoms with Crippen LogP contribution in [-0.4, -0.2) is 45.1 Å². The monoisotopic (exact) mass is 222 g/mol. The summed E-state index contributed by atoms with van der Waals surface area (Å²) in [6.07, 6.45) is -0.000967. The fourth-order valence-corrected chi connectivity index (χ4v) is 2.01. The van der Waals surface area contributed by atoms with Crippen molar-refractivity contribution in [3.05, 3.63) is 30.3 Å². The highest BCUT2D eigenvalue weighted by molar-refractivity contribution is 5.46. The van der Waals surface area contributed by atoms with Crippen molar-refractivity contribution >= 4 is 5.69 Å². The van der Waals surface area contributed by atoms with Crippen LogP contribution in [0.15, 0.2) is 30.3 Å². The van der Waals surface area contributed by atoms with Crippen LogP contribution in [-0.2, 0) is 9.57 Å². The molecule has 0 radical (unpaired) electrons. The van der Waals surface area contributed by atoms with Crippen LogP contribution in [0.2, 0.25) is 0 Å². The summed E-state index contributed by atoms with van der Waals surface area (Å²) >= 11 is 0. The standard InChI is InChI=1S/C12H18N2O2/c1-15-12-10-13(8-9-14(12)16-2)11-6-4-3-5-7-11/h3-7,12H,8-10H2,1-2H3. The molecule has 1 unspecified atom stereocenters. The Labute approximate surface area is 96.3 Å². The molecular weight excluding hydrogens is 204 g/mol. The highest BCUT2D eigenvalue weighted by atomic mass is 16.7. The Bertz CT molecular complexity index is 318. The molecule has 1 aliphatic heterocycles. The zero-order valence-corrected chi connectivity index (χ0v) is 9.80. The molecule has 4 nitrogen and oxygen atoms in total. The van der Waals surface area contributed by atoms with E-state index in [2.05, 4.69) is 29.2 Å². The molecule has 1 aromatic carbocycles. The first-order valence-corrected chi connectivity index (χ1v) is 5.48. The summed E-state index contributed by atoms with van der Waals surface area (Å²) in [5.74, 6) is 0. The average molecular weight is 222 g/mol. The van der Waals surface area contributed by atoms with E-state index in [4.69, 9.17) is 9.57 Å². The maximum atomic E-state index is 5.41. The minimum absolute atomic E-state index is 0.000967. The van der Waals surface area contributed by atoms with E-state index in [1.165, 1.54) is 5.69 Å². The van der Waals surface area contributed by atoms with Crippen molar-refractivity contribution in [3.8, 4) is 0 Å². The maximum absolute atomic E-state index is 5.41. The van der Waals surface area contributed by atoms with E-state index >= 15 is 0 Å². The largest absolute Gasteiger partial charge is 0.366 e. The molecule has 4 heteroatoms. The van der Waals surface area contributed by atoms with Crippen molar-refractivity contribution in [2.45, 2.75) is 6.23 Å². The topological polar surface area (TPSA) is 24.9 Å². The smallest absolute Gasteiger partial charge is 0.150 e. The molecule has 1 saturated heterocycles. The molecule has 0 bridgehead atoms. The quantitative estimate of drug-likeness (QED) is 0.770. The number of hydrogen-bond acceptors (Lipinski definition) is 4. The van der Waals surface area contributed by atoms with Crippen LogP contribution in [0.1, 0.15) is 0 Å². The Kier molecular flexibility index (Phi) is 3.77. The van der Waals surface area contributed by atoms with Gasteiger partial charge in [0.25, 0.3) is 0 Å². The zero-order valence-electron chi connectivity index (χ0n) is 9.80. The number of para-hydroxylation sites is 1. The van der Waals surface area contributed by atoms with Gasteiger partial charge in [0.2, 0.25) is 0 Å². The van der Waals surface area contributed by atoms with E-state index in [0.29, 0.717) is 0 Å². The van der Waals surface area contributed by atoms with Gasteiger partial charge in [0.15, 0.2) is 0 Å². The molecule has 0 amide bonds. The SMILES string of the molecule is COC1CN(c2ccccc2)CCN1OC. The van der Waals surface area contributed by atoms with Crippen LogP contribution < -0.4 is 4.90 Å². The predicted molar refractivity (Wildman–Crippen MR) is 63.2 cm³/mol. The van der Waals surface area contributed by atoms with Crippen LogP contribution in [0.4, 0.5) is 5.69 Å². The summed E-state index contributed by atoms with van der Waals surface area (Å²) in [7, 11) is 3.40. The van der Waals surface area contributed by atoms with E-state index in [0.717, 1.165) is 19.6 Å². The second-order valence-corrected chi connectivity index (χ2v) is 3.80. The van der Waals surface area contributed by atoms with Gasteiger partial charge in [-0.1, -0.05) is 18.2 Å². The molecule has 1 aromatic rings. The van der Waals surface area contributed by atoms with E-state index in [1.54, 1.807) is 14.2 Å². The number of ether oxygens (including phenoxy) is 1. The van der Waals surface area contributed by atoms with Crippen molar-refractivity contribution < 1.29 is 9.57 Å². The van der Waals surface area contributed by atoms with Gasteiger partial charge in [0.1, 0.15) is 6.23 Å². The van der Waals surface area contributed by atoms with Gasteiger partial charge in [-0.25, -0.2) is 0 Å². The Morgan fingerprint density at radius 2 is 1.88 bits per heavy atom. The third kappa shape index (κ3) is 2.35. The first kappa shape index (κ1) is 11.4. The Morgan fingerprint density at radius 3 is 2.50 bits per heavy atom. The third-order valence-electron chi connectivity index (χ3n) is 2.92. The third-order valence-corrected chi connectivity index (χ3v) is 2.92. The number of rotatable bonds is 3. The number of hydrogen-bond donors (Lipinski definition) is 0. The summed E-state index contributed by atoms with van der Waals surface area (Å²) in [6.45, 7) is 2.63. The lowest BCUT2D eigenvalue weighted by molar-refractivity contribution is -0.231. The van der Waals surface area contributed by atoms with E-state index in [-0.39, 0.29) is 6.23 Å². The fraction of sp³-hybridized carbons (Fsp3) is 0.500. The molecular formula is C12H18N2O2. The molecule has 1 heterocycles. The van der Waals surface area contributed by atoms with Crippen molar-refractivity contribution in [1.29, 1.82) is 0 Å². The number of piperazine rings is 1. The summed E-state index contributed by atoms with van der Waals surface area (Å²) in [6, 6.07) is 10.4.